The lowest BCUT2D eigenvalue weighted by Crippen LogP contribution is -2.24. The van der Waals surface area contributed by atoms with E-state index in [-0.39, 0.29) is 6.17 Å². The lowest BCUT2D eigenvalue weighted by Gasteiger charge is -2.25. The van der Waals surface area contributed by atoms with Crippen molar-refractivity contribution in [2.24, 2.45) is 4.99 Å². The Hall–Kier alpha value is -5.25. The molecule has 1 aromatic heterocycles. The van der Waals surface area contributed by atoms with E-state index in [2.05, 4.69) is 163 Å². The fourth-order valence-electron chi connectivity index (χ4n) is 5.87. The third-order valence-corrected chi connectivity index (χ3v) is 9.28. The van der Waals surface area contributed by atoms with Gasteiger partial charge in [-0.25, -0.2) is 0 Å². The molecule has 0 amide bonds. The van der Waals surface area contributed by atoms with Crippen LogP contribution in [0.25, 0.3) is 48.1 Å². The van der Waals surface area contributed by atoms with Crippen LogP contribution in [0.5, 0.6) is 0 Å². The molecule has 3 heteroatoms. The van der Waals surface area contributed by atoms with Crippen LogP contribution in [0, 0.1) is 0 Å². The fraction of sp³-hybridized carbons (Fsp3) is 0.0250. The van der Waals surface area contributed by atoms with Gasteiger partial charge in [-0.2, -0.15) is 0 Å². The van der Waals surface area contributed by atoms with Gasteiger partial charge in [0.05, 0.1) is 5.71 Å². The minimum atomic E-state index is -0.202. The number of hydrogen-bond donors (Lipinski definition) is 1. The summed E-state index contributed by atoms with van der Waals surface area (Å²) in [6.45, 7) is 0. The molecular formula is C40H28N2S. The number of hydrogen-bond acceptors (Lipinski definition) is 3. The van der Waals surface area contributed by atoms with Gasteiger partial charge in [-0.05, 0) is 57.2 Å². The summed E-state index contributed by atoms with van der Waals surface area (Å²) in [6.07, 6.45) is 1.98. The highest BCUT2D eigenvalue weighted by molar-refractivity contribution is 7.25. The van der Waals surface area contributed by atoms with E-state index in [1.54, 1.807) is 0 Å². The number of benzene rings is 6. The Morgan fingerprint density at radius 3 is 1.67 bits per heavy atom. The molecule has 204 valence electrons. The maximum absolute atomic E-state index is 5.26. The van der Waals surface area contributed by atoms with E-state index in [0.717, 1.165) is 28.1 Å². The molecule has 0 spiro atoms. The second kappa shape index (κ2) is 10.9. The standard InChI is InChI=1S/C40H28N2S/c1-3-9-27(10-4-1)29-15-19-31(20-16-29)36-26-37(32-21-17-30(18-22-32)28-11-5-2-6-12-28)42-40(41-36)33-23-24-35-34-13-7-8-14-38(34)43-39(35)25-33/h1-26,40-41H. The predicted octanol–water partition coefficient (Wildman–Crippen LogP) is 10.5. The molecule has 0 radical (unpaired) electrons. The fourth-order valence-corrected chi connectivity index (χ4v) is 7.02. The van der Waals surface area contributed by atoms with E-state index in [9.17, 15) is 0 Å². The first-order valence-corrected chi connectivity index (χ1v) is 15.4. The molecule has 0 saturated heterocycles. The Kier molecular flexibility index (Phi) is 6.43. The van der Waals surface area contributed by atoms with Crippen LogP contribution in [-0.4, -0.2) is 5.71 Å². The Morgan fingerprint density at radius 1 is 0.465 bits per heavy atom. The highest BCUT2D eigenvalue weighted by atomic mass is 32.1. The second-order valence-corrected chi connectivity index (χ2v) is 11.9. The van der Waals surface area contributed by atoms with Crippen molar-refractivity contribution in [1.29, 1.82) is 0 Å². The van der Waals surface area contributed by atoms with Crippen molar-refractivity contribution >= 4 is 42.9 Å². The van der Waals surface area contributed by atoms with Crippen LogP contribution in [0.4, 0.5) is 0 Å². The lowest BCUT2D eigenvalue weighted by atomic mass is 9.98. The average Bonchev–Trinajstić information content (AvgIpc) is 3.47. The molecule has 1 N–H and O–H groups in total. The first kappa shape index (κ1) is 25.5. The van der Waals surface area contributed by atoms with Gasteiger partial charge in [0.1, 0.15) is 6.17 Å². The minimum absolute atomic E-state index is 0.202. The molecule has 0 fully saturated rings. The predicted molar refractivity (Wildman–Crippen MR) is 183 cm³/mol. The molecule has 43 heavy (non-hydrogen) atoms. The molecule has 2 nitrogen and oxygen atoms in total. The summed E-state index contributed by atoms with van der Waals surface area (Å²) >= 11 is 1.84. The molecule has 8 rings (SSSR count). The largest absolute Gasteiger partial charge is 0.360 e. The molecule has 0 bridgehead atoms. The van der Waals surface area contributed by atoms with Crippen molar-refractivity contribution < 1.29 is 0 Å². The van der Waals surface area contributed by atoms with E-state index in [1.165, 1.54) is 42.4 Å². The Labute approximate surface area is 255 Å². The van der Waals surface area contributed by atoms with Crippen molar-refractivity contribution in [2.75, 3.05) is 0 Å². The number of nitrogens with one attached hydrogen (secondary N) is 1. The van der Waals surface area contributed by atoms with Gasteiger partial charge < -0.3 is 5.32 Å². The Morgan fingerprint density at radius 2 is 1.00 bits per heavy atom. The van der Waals surface area contributed by atoms with Crippen molar-refractivity contribution in [3.8, 4) is 22.3 Å². The lowest BCUT2D eigenvalue weighted by molar-refractivity contribution is 0.665. The number of allylic oxidation sites excluding steroid dienone is 1. The van der Waals surface area contributed by atoms with Crippen LogP contribution < -0.4 is 5.32 Å². The molecule has 0 saturated carbocycles. The summed E-state index contributed by atoms with van der Waals surface area (Å²) < 4.78 is 2.60. The van der Waals surface area contributed by atoms with Gasteiger partial charge in [0.2, 0.25) is 0 Å². The molecule has 2 heterocycles. The monoisotopic (exact) mass is 568 g/mol. The van der Waals surface area contributed by atoms with E-state index in [0.29, 0.717) is 0 Å². The van der Waals surface area contributed by atoms with E-state index in [4.69, 9.17) is 4.99 Å². The third-order valence-electron chi connectivity index (χ3n) is 8.15. The summed E-state index contributed by atoms with van der Waals surface area (Å²) in [5, 5.41) is 6.37. The van der Waals surface area contributed by atoms with Gasteiger partial charge in [0, 0.05) is 25.9 Å². The molecule has 0 aliphatic carbocycles. The summed E-state index contributed by atoms with van der Waals surface area (Å²) in [5.41, 5.74) is 10.3. The molecule has 6 aromatic carbocycles. The molecule has 1 unspecified atom stereocenters. The summed E-state index contributed by atoms with van der Waals surface area (Å²) in [4.78, 5) is 5.26. The zero-order valence-electron chi connectivity index (χ0n) is 23.4. The highest BCUT2D eigenvalue weighted by Crippen LogP contribution is 2.36. The topological polar surface area (TPSA) is 24.4 Å². The van der Waals surface area contributed by atoms with Crippen molar-refractivity contribution in [3.05, 3.63) is 174 Å². The zero-order valence-corrected chi connectivity index (χ0v) is 24.3. The number of fused-ring (bicyclic) bond motifs is 3. The number of nitrogens with zero attached hydrogens (tertiary/aromatic N) is 1. The van der Waals surface area contributed by atoms with Crippen molar-refractivity contribution in [1.82, 2.24) is 5.32 Å². The van der Waals surface area contributed by atoms with Gasteiger partial charge >= 0.3 is 0 Å². The number of thiophene rings is 1. The van der Waals surface area contributed by atoms with Crippen molar-refractivity contribution in [2.45, 2.75) is 6.17 Å². The Balaban J connectivity index is 1.19. The van der Waals surface area contributed by atoms with Crippen LogP contribution in [0.2, 0.25) is 0 Å². The summed E-state index contributed by atoms with van der Waals surface area (Å²) in [7, 11) is 0. The van der Waals surface area contributed by atoms with Crippen LogP contribution >= 0.6 is 11.3 Å². The summed E-state index contributed by atoms with van der Waals surface area (Å²) in [6, 6.07) is 54.0. The molecule has 1 aliphatic rings. The van der Waals surface area contributed by atoms with Gasteiger partial charge in [-0.15, -0.1) is 11.3 Å². The SMILES string of the molecule is C1=C(c2ccc(-c3ccccc3)cc2)NC(c2ccc3c(c2)sc2ccccc23)N=C1c1ccc(-c2ccccc2)cc1. The number of rotatable bonds is 5. The molecule has 1 atom stereocenters. The highest BCUT2D eigenvalue weighted by Gasteiger charge is 2.21. The van der Waals surface area contributed by atoms with Crippen LogP contribution in [0.1, 0.15) is 22.9 Å². The molecule has 7 aromatic rings. The van der Waals surface area contributed by atoms with Gasteiger partial charge in [-0.3, -0.25) is 4.99 Å². The maximum atomic E-state index is 5.26. The van der Waals surface area contributed by atoms with E-state index < -0.39 is 0 Å². The summed E-state index contributed by atoms with van der Waals surface area (Å²) in [5.74, 6) is 0. The average molecular weight is 569 g/mol. The molecular weight excluding hydrogens is 541 g/mol. The normalized spacial score (nSPS) is 14.7. The molecule has 1 aliphatic heterocycles. The van der Waals surface area contributed by atoms with Gasteiger partial charge in [0.15, 0.2) is 0 Å². The van der Waals surface area contributed by atoms with Crippen LogP contribution in [0.3, 0.4) is 0 Å². The van der Waals surface area contributed by atoms with Gasteiger partial charge in [-0.1, -0.05) is 140 Å². The first-order chi connectivity index (χ1) is 21.3. The second-order valence-electron chi connectivity index (χ2n) is 10.9. The third kappa shape index (κ3) is 4.94. The van der Waals surface area contributed by atoms with Crippen molar-refractivity contribution in [3.63, 3.8) is 0 Å². The maximum Gasteiger partial charge on any atom is 0.145 e. The van der Waals surface area contributed by atoms with E-state index in [1.807, 2.05) is 11.3 Å². The quantitative estimate of drug-likeness (QED) is 0.219. The smallest absolute Gasteiger partial charge is 0.145 e. The van der Waals surface area contributed by atoms with Crippen LogP contribution in [-0.2, 0) is 0 Å². The van der Waals surface area contributed by atoms with Gasteiger partial charge in [0.25, 0.3) is 0 Å². The van der Waals surface area contributed by atoms with Crippen LogP contribution in [0.15, 0.2) is 163 Å². The first-order valence-electron chi connectivity index (χ1n) is 14.6. The zero-order chi connectivity index (χ0) is 28.6. The number of aliphatic imine (C=N–C) groups is 1. The Bertz CT molecular complexity index is 2120. The van der Waals surface area contributed by atoms with E-state index >= 15 is 0 Å². The minimum Gasteiger partial charge on any atom is -0.360 e.